The van der Waals surface area contributed by atoms with Gasteiger partial charge in [-0.1, -0.05) is 24.9 Å². The first-order valence-electron chi connectivity index (χ1n) is 11.1. The summed E-state index contributed by atoms with van der Waals surface area (Å²) in [4.78, 5) is 5.50. The van der Waals surface area contributed by atoms with Gasteiger partial charge in [0, 0.05) is 30.7 Å². The number of unbranched alkanes of at least 4 members (excludes halogenated alkanes) is 1. The van der Waals surface area contributed by atoms with Gasteiger partial charge in [-0.3, -0.25) is 0 Å². The van der Waals surface area contributed by atoms with E-state index in [1.54, 1.807) is 27.4 Å². The fraction of sp³-hybridized carbons (Fsp3) is 0.400. The number of methoxy groups -OCH3 is 3. The molecular weight excluding hydrogens is 479 g/mol. The van der Waals surface area contributed by atoms with Crippen molar-refractivity contribution in [2.75, 3.05) is 34.5 Å². The van der Waals surface area contributed by atoms with Gasteiger partial charge in [0.25, 0.3) is 0 Å². The van der Waals surface area contributed by atoms with Crippen LogP contribution in [0, 0.1) is 5.82 Å². The van der Waals surface area contributed by atoms with Crippen LogP contribution in [-0.2, 0) is 11.3 Å². The average Bonchev–Trinajstić information content (AvgIpc) is 3.24. The molecule has 0 N–H and O–H groups in total. The summed E-state index contributed by atoms with van der Waals surface area (Å²) >= 11 is 7.46. The maximum atomic E-state index is 13.6. The van der Waals surface area contributed by atoms with Gasteiger partial charge in [-0.05, 0) is 43.2 Å². The van der Waals surface area contributed by atoms with Gasteiger partial charge in [-0.2, -0.15) is 0 Å². The Hall–Kier alpha value is -2.55. The molecule has 0 saturated heterocycles. The zero-order valence-electron chi connectivity index (χ0n) is 19.9. The predicted octanol–water partition coefficient (Wildman–Crippen LogP) is 6.47. The van der Waals surface area contributed by atoms with E-state index in [-0.39, 0.29) is 5.02 Å². The van der Waals surface area contributed by atoms with E-state index >= 15 is 0 Å². The largest absolute Gasteiger partial charge is 0.493 e. The summed E-state index contributed by atoms with van der Waals surface area (Å²) in [5.74, 6) is 1.20. The Balaban J connectivity index is 2.03. The fourth-order valence-corrected chi connectivity index (χ4v) is 4.56. The van der Waals surface area contributed by atoms with Crippen LogP contribution in [0.1, 0.15) is 26.2 Å². The molecule has 6 nitrogen and oxygen atoms in total. The maximum absolute atomic E-state index is 13.6. The third kappa shape index (κ3) is 6.31. The molecule has 9 heteroatoms. The van der Waals surface area contributed by atoms with Crippen molar-refractivity contribution in [3.63, 3.8) is 0 Å². The molecule has 0 aliphatic rings. The Morgan fingerprint density at radius 2 is 1.71 bits per heavy atom. The standard InChI is InChI=1S/C25H30ClFN2O4S/c1-5-6-11-33-12-7-10-29-21(17-13-22(30-2)24(32-4)23(14-17)31-3)16-34-25(29)28-18-8-9-20(27)19(26)15-18/h8-9,13-16H,5-7,10-12H2,1-4H3. The summed E-state index contributed by atoms with van der Waals surface area (Å²) in [5.41, 5.74) is 2.43. The summed E-state index contributed by atoms with van der Waals surface area (Å²) in [6, 6.07) is 8.28. The molecule has 0 saturated carbocycles. The maximum Gasteiger partial charge on any atom is 0.203 e. The zero-order valence-corrected chi connectivity index (χ0v) is 21.5. The second-order valence-electron chi connectivity index (χ2n) is 7.50. The topological polar surface area (TPSA) is 54.2 Å². The molecule has 2 aromatic carbocycles. The molecule has 0 fully saturated rings. The third-order valence-corrected chi connectivity index (χ3v) is 6.35. The molecule has 0 amide bonds. The Bertz CT molecular complexity index is 1140. The zero-order chi connectivity index (χ0) is 24.5. The Labute approximate surface area is 208 Å². The normalized spacial score (nSPS) is 11.6. The number of aromatic nitrogens is 1. The average molecular weight is 509 g/mol. The van der Waals surface area contributed by atoms with Gasteiger partial charge in [0.2, 0.25) is 5.75 Å². The lowest BCUT2D eigenvalue weighted by Gasteiger charge is -2.15. The molecule has 3 rings (SSSR count). The van der Waals surface area contributed by atoms with Crippen LogP contribution in [0.2, 0.25) is 5.02 Å². The van der Waals surface area contributed by atoms with Crippen molar-refractivity contribution in [1.29, 1.82) is 0 Å². The Morgan fingerprint density at radius 1 is 1.00 bits per heavy atom. The third-order valence-electron chi connectivity index (χ3n) is 5.20. The summed E-state index contributed by atoms with van der Waals surface area (Å²) in [7, 11) is 4.76. The quantitative estimate of drug-likeness (QED) is 0.263. The Kier molecular flexibility index (Phi) is 9.80. The molecular formula is C25H30ClFN2O4S. The van der Waals surface area contributed by atoms with Crippen molar-refractivity contribution < 1.29 is 23.3 Å². The number of nitrogens with zero attached hydrogens (tertiary/aromatic N) is 2. The number of thiazole rings is 1. The number of hydrogen-bond donors (Lipinski definition) is 0. The first-order valence-corrected chi connectivity index (χ1v) is 12.3. The molecule has 0 atom stereocenters. The van der Waals surface area contributed by atoms with E-state index in [9.17, 15) is 4.39 Å². The van der Waals surface area contributed by atoms with E-state index in [1.807, 2.05) is 17.5 Å². The second kappa shape index (κ2) is 12.8. The minimum atomic E-state index is -0.470. The van der Waals surface area contributed by atoms with Crippen molar-refractivity contribution >= 4 is 28.6 Å². The van der Waals surface area contributed by atoms with Crippen LogP contribution in [0.5, 0.6) is 17.2 Å². The monoisotopic (exact) mass is 508 g/mol. The molecule has 34 heavy (non-hydrogen) atoms. The van der Waals surface area contributed by atoms with Crippen molar-refractivity contribution in [3.8, 4) is 28.5 Å². The molecule has 184 valence electrons. The van der Waals surface area contributed by atoms with E-state index in [2.05, 4.69) is 11.5 Å². The van der Waals surface area contributed by atoms with E-state index in [0.29, 0.717) is 36.1 Å². The van der Waals surface area contributed by atoms with E-state index < -0.39 is 5.82 Å². The highest BCUT2D eigenvalue weighted by Crippen LogP contribution is 2.41. The number of halogens is 2. The Morgan fingerprint density at radius 3 is 2.32 bits per heavy atom. The van der Waals surface area contributed by atoms with Crippen molar-refractivity contribution in [3.05, 3.63) is 51.4 Å². The van der Waals surface area contributed by atoms with E-state index in [1.165, 1.54) is 23.5 Å². The number of hydrogen-bond acceptors (Lipinski definition) is 6. The lowest BCUT2D eigenvalue weighted by molar-refractivity contribution is 0.126. The van der Waals surface area contributed by atoms with Crippen LogP contribution in [-0.4, -0.2) is 39.1 Å². The first kappa shape index (κ1) is 26.1. The number of benzene rings is 2. The SMILES string of the molecule is CCCCOCCCn1c(-c2cc(OC)c(OC)c(OC)c2)csc1=Nc1ccc(F)c(Cl)c1. The highest BCUT2D eigenvalue weighted by molar-refractivity contribution is 7.07. The highest BCUT2D eigenvalue weighted by Gasteiger charge is 2.17. The molecule has 3 aromatic rings. The van der Waals surface area contributed by atoms with Gasteiger partial charge < -0.3 is 23.5 Å². The summed E-state index contributed by atoms with van der Waals surface area (Å²) in [5, 5.41) is 2.07. The molecule has 0 aliphatic heterocycles. The van der Waals surface area contributed by atoms with Crippen LogP contribution in [0.15, 0.2) is 40.7 Å². The summed E-state index contributed by atoms with van der Waals surface area (Å²) in [6.07, 6.45) is 2.97. The highest BCUT2D eigenvalue weighted by atomic mass is 35.5. The molecule has 0 unspecified atom stereocenters. The molecule has 1 aromatic heterocycles. The van der Waals surface area contributed by atoms with Gasteiger partial charge >= 0.3 is 0 Å². The van der Waals surface area contributed by atoms with Crippen LogP contribution < -0.4 is 19.0 Å². The van der Waals surface area contributed by atoms with Gasteiger partial charge in [0.15, 0.2) is 16.3 Å². The molecule has 0 radical (unpaired) electrons. The lowest BCUT2D eigenvalue weighted by Crippen LogP contribution is -2.17. The van der Waals surface area contributed by atoms with Crippen molar-refractivity contribution in [2.24, 2.45) is 4.99 Å². The van der Waals surface area contributed by atoms with Crippen LogP contribution >= 0.6 is 22.9 Å². The minimum absolute atomic E-state index is 0.0403. The van der Waals surface area contributed by atoms with Crippen molar-refractivity contribution in [2.45, 2.75) is 32.7 Å². The molecule has 0 aliphatic carbocycles. The molecule has 1 heterocycles. The van der Waals surface area contributed by atoms with E-state index in [0.717, 1.165) is 41.9 Å². The lowest BCUT2D eigenvalue weighted by atomic mass is 10.1. The van der Waals surface area contributed by atoms with E-state index in [4.69, 9.17) is 35.5 Å². The molecule has 0 bridgehead atoms. The van der Waals surface area contributed by atoms with Gasteiger partial charge in [0.05, 0.1) is 37.7 Å². The van der Waals surface area contributed by atoms with Crippen molar-refractivity contribution in [1.82, 2.24) is 4.57 Å². The number of ether oxygens (including phenoxy) is 4. The first-order chi connectivity index (χ1) is 16.5. The predicted molar refractivity (Wildman–Crippen MR) is 134 cm³/mol. The van der Waals surface area contributed by atoms with Gasteiger partial charge in [-0.25, -0.2) is 9.38 Å². The number of rotatable bonds is 12. The summed E-state index contributed by atoms with van der Waals surface area (Å²) in [6.45, 7) is 4.24. The second-order valence-corrected chi connectivity index (χ2v) is 8.74. The van der Waals surface area contributed by atoms with Crippen LogP contribution in [0.25, 0.3) is 11.3 Å². The van der Waals surface area contributed by atoms with Gasteiger partial charge in [-0.15, -0.1) is 11.3 Å². The smallest absolute Gasteiger partial charge is 0.203 e. The van der Waals surface area contributed by atoms with Crippen LogP contribution in [0.4, 0.5) is 10.1 Å². The minimum Gasteiger partial charge on any atom is -0.493 e. The summed E-state index contributed by atoms with van der Waals surface area (Å²) < 4.78 is 38.0. The van der Waals surface area contributed by atoms with Gasteiger partial charge in [0.1, 0.15) is 5.82 Å². The van der Waals surface area contributed by atoms with Crippen LogP contribution in [0.3, 0.4) is 0 Å². The molecule has 0 spiro atoms. The fourth-order valence-electron chi connectivity index (χ4n) is 3.43.